The second kappa shape index (κ2) is 6.34. The molecule has 0 aliphatic heterocycles. The van der Waals surface area contributed by atoms with E-state index in [1.165, 1.54) is 12.8 Å². The molecule has 0 radical (unpaired) electrons. The number of carboxylic acid groups (broad SMARTS) is 1. The smallest absolute Gasteiger partial charge is 0.337 e. The summed E-state index contributed by atoms with van der Waals surface area (Å²) in [6.45, 7) is 0. The molecule has 142 valence electrons. The third-order valence-electron chi connectivity index (χ3n) is 6.11. The van der Waals surface area contributed by atoms with Crippen LogP contribution in [0.1, 0.15) is 71.7 Å². The van der Waals surface area contributed by atoms with Crippen LogP contribution in [0.25, 0.3) is 11.4 Å². The van der Waals surface area contributed by atoms with Gasteiger partial charge in [-0.1, -0.05) is 0 Å². The monoisotopic (exact) mass is 368 g/mol. The number of nitrogens with zero attached hydrogens (tertiary/aromatic N) is 2. The number of nitrogens with two attached hydrogens (primary N) is 1. The van der Waals surface area contributed by atoms with Gasteiger partial charge in [0.15, 0.2) is 0 Å². The van der Waals surface area contributed by atoms with Crippen LogP contribution in [0.5, 0.6) is 6.01 Å². The Morgan fingerprint density at radius 3 is 2.74 bits per heavy atom. The molecule has 5 rings (SSSR count). The normalized spacial score (nSPS) is 20.2. The minimum Gasteiger partial charge on any atom is -0.478 e. The highest BCUT2D eigenvalue weighted by Crippen LogP contribution is 2.43. The average molecular weight is 368 g/mol. The zero-order valence-electron chi connectivity index (χ0n) is 15.2. The first kappa shape index (κ1) is 16.7. The Balaban J connectivity index is 1.56. The molecule has 3 aliphatic carbocycles. The van der Waals surface area contributed by atoms with Gasteiger partial charge in [0, 0.05) is 17.9 Å². The van der Waals surface area contributed by atoms with E-state index in [1.807, 2.05) is 6.20 Å². The average Bonchev–Trinajstić information content (AvgIpc) is 3.23. The number of aromatic nitrogens is 3. The van der Waals surface area contributed by atoms with Gasteiger partial charge in [0.1, 0.15) is 6.10 Å². The first-order chi connectivity index (χ1) is 13.1. The Morgan fingerprint density at radius 2 is 2.04 bits per heavy atom. The molecule has 0 amide bonds. The van der Waals surface area contributed by atoms with Gasteiger partial charge >= 0.3 is 12.0 Å². The molecule has 1 atom stereocenters. The molecule has 2 aromatic heterocycles. The number of aryl methyl sites for hydroxylation is 1. The molecule has 0 bridgehead atoms. The van der Waals surface area contributed by atoms with Crippen molar-refractivity contribution in [2.24, 2.45) is 11.7 Å². The van der Waals surface area contributed by atoms with Gasteiger partial charge in [0.2, 0.25) is 0 Å². The van der Waals surface area contributed by atoms with E-state index in [0.29, 0.717) is 29.6 Å². The summed E-state index contributed by atoms with van der Waals surface area (Å²) < 4.78 is 5.96. The Bertz CT molecular complexity index is 897. The summed E-state index contributed by atoms with van der Waals surface area (Å²) in [5, 5.41) is 9.82. The number of nitrogens with one attached hydrogen (secondary N) is 1. The van der Waals surface area contributed by atoms with Crippen LogP contribution in [0.4, 0.5) is 0 Å². The zero-order chi connectivity index (χ0) is 18.5. The van der Waals surface area contributed by atoms with Crippen LogP contribution in [0.15, 0.2) is 6.20 Å². The van der Waals surface area contributed by atoms with Crippen molar-refractivity contribution in [2.75, 3.05) is 0 Å². The van der Waals surface area contributed by atoms with Gasteiger partial charge in [0.25, 0.3) is 0 Å². The number of fused-ring (bicyclic) bond motifs is 3. The number of H-pyrrole nitrogens is 1. The van der Waals surface area contributed by atoms with Gasteiger partial charge < -0.3 is 20.6 Å². The van der Waals surface area contributed by atoms with Crippen molar-refractivity contribution in [1.82, 2.24) is 15.0 Å². The van der Waals surface area contributed by atoms with E-state index in [1.54, 1.807) is 0 Å². The maximum atomic E-state index is 12.0. The number of carbonyl (C=O) groups is 1. The van der Waals surface area contributed by atoms with E-state index in [-0.39, 0.29) is 12.1 Å². The van der Waals surface area contributed by atoms with Crippen LogP contribution in [-0.4, -0.2) is 32.1 Å². The van der Waals surface area contributed by atoms with Crippen LogP contribution in [0.2, 0.25) is 0 Å². The largest absolute Gasteiger partial charge is 0.478 e. The minimum atomic E-state index is -0.918. The van der Waals surface area contributed by atoms with Gasteiger partial charge in [0.05, 0.1) is 17.0 Å². The highest BCUT2D eigenvalue weighted by molar-refractivity contribution is 5.94. The first-order valence-electron chi connectivity index (χ1n) is 9.88. The fourth-order valence-corrected chi connectivity index (χ4v) is 4.46. The van der Waals surface area contributed by atoms with Crippen molar-refractivity contribution in [3.8, 4) is 17.4 Å². The summed E-state index contributed by atoms with van der Waals surface area (Å²) >= 11 is 0. The topological polar surface area (TPSA) is 114 Å². The number of carboxylic acids is 1. The standard InChI is InChI=1S/C20H24N4O3/c21-15(10-5-6-10)18-14(19(25)26)13-8-7-11-9-22-20(24-16(11)17(13)23-18)27-12-3-1-2-4-12/h9-10,12,15,23H,1-8,21H2,(H,25,26). The molecule has 0 aromatic carbocycles. The lowest BCUT2D eigenvalue weighted by atomic mass is 9.91. The number of ether oxygens (including phenoxy) is 1. The highest BCUT2D eigenvalue weighted by Gasteiger charge is 2.37. The third-order valence-corrected chi connectivity index (χ3v) is 6.11. The molecule has 0 saturated heterocycles. The molecule has 4 N–H and O–H groups in total. The molecule has 7 nitrogen and oxygen atoms in total. The van der Waals surface area contributed by atoms with Crippen molar-refractivity contribution in [1.29, 1.82) is 0 Å². The molecule has 7 heteroatoms. The number of rotatable bonds is 5. The SMILES string of the molecule is NC(c1[nH]c2c(c1C(=O)O)CCc1cnc(OC3CCCC3)nc1-2)C1CC1. The molecular weight excluding hydrogens is 344 g/mol. The van der Waals surface area contributed by atoms with E-state index >= 15 is 0 Å². The summed E-state index contributed by atoms with van der Waals surface area (Å²) in [5.41, 5.74) is 10.7. The quantitative estimate of drug-likeness (QED) is 0.747. The molecule has 2 aromatic rings. The molecule has 2 heterocycles. The van der Waals surface area contributed by atoms with Gasteiger partial charge in [-0.05, 0) is 68.4 Å². The minimum absolute atomic E-state index is 0.184. The maximum Gasteiger partial charge on any atom is 0.337 e. The predicted molar refractivity (Wildman–Crippen MR) is 98.7 cm³/mol. The first-order valence-corrected chi connectivity index (χ1v) is 9.88. The summed E-state index contributed by atoms with van der Waals surface area (Å²) in [5.74, 6) is -0.548. The summed E-state index contributed by atoms with van der Waals surface area (Å²) in [6, 6.07) is 0.120. The highest BCUT2D eigenvalue weighted by atomic mass is 16.5. The Hall–Kier alpha value is -2.41. The number of hydrogen-bond donors (Lipinski definition) is 3. The van der Waals surface area contributed by atoms with E-state index in [0.717, 1.165) is 54.6 Å². The van der Waals surface area contributed by atoms with Crippen LogP contribution in [0.3, 0.4) is 0 Å². The lowest BCUT2D eigenvalue weighted by molar-refractivity contribution is 0.0694. The number of hydrogen-bond acceptors (Lipinski definition) is 5. The summed E-state index contributed by atoms with van der Waals surface area (Å²) in [4.78, 5) is 24.3. The summed E-state index contributed by atoms with van der Waals surface area (Å²) in [6.07, 6.45) is 9.94. The van der Waals surface area contributed by atoms with E-state index in [4.69, 9.17) is 10.5 Å². The Labute approximate surface area is 157 Å². The number of aromatic amines is 1. The second-order valence-electron chi connectivity index (χ2n) is 7.99. The summed E-state index contributed by atoms with van der Waals surface area (Å²) in [7, 11) is 0. The maximum absolute atomic E-state index is 12.0. The van der Waals surface area contributed by atoms with Crippen molar-refractivity contribution < 1.29 is 14.6 Å². The van der Waals surface area contributed by atoms with E-state index < -0.39 is 5.97 Å². The Morgan fingerprint density at radius 1 is 1.26 bits per heavy atom. The van der Waals surface area contributed by atoms with Crippen LogP contribution in [-0.2, 0) is 12.8 Å². The van der Waals surface area contributed by atoms with E-state index in [2.05, 4.69) is 15.0 Å². The van der Waals surface area contributed by atoms with E-state index in [9.17, 15) is 9.90 Å². The van der Waals surface area contributed by atoms with Crippen molar-refractivity contribution in [3.63, 3.8) is 0 Å². The molecule has 2 fully saturated rings. The van der Waals surface area contributed by atoms with Crippen molar-refractivity contribution in [2.45, 2.75) is 63.5 Å². The molecule has 2 saturated carbocycles. The predicted octanol–water partition coefficient (Wildman–Crippen LogP) is 3.00. The molecule has 27 heavy (non-hydrogen) atoms. The van der Waals surface area contributed by atoms with Crippen LogP contribution in [0, 0.1) is 5.92 Å². The third kappa shape index (κ3) is 2.90. The fourth-order valence-electron chi connectivity index (χ4n) is 4.46. The van der Waals surface area contributed by atoms with Crippen molar-refractivity contribution in [3.05, 3.63) is 28.6 Å². The molecule has 1 unspecified atom stereocenters. The van der Waals surface area contributed by atoms with Gasteiger partial charge in [-0.15, -0.1) is 0 Å². The Kier molecular flexibility index (Phi) is 3.93. The lowest BCUT2D eigenvalue weighted by Crippen LogP contribution is -2.17. The van der Waals surface area contributed by atoms with Crippen molar-refractivity contribution >= 4 is 5.97 Å². The van der Waals surface area contributed by atoms with Crippen LogP contribution >= 0.6 is 0 Å². The molecule has 0 spiro atoms. The number of aromatic carboxylic acids is 1. The van der Waals surface area contributed by atoms with Gasteiger partial charge in [-0.2, -0.15) is 4.98 Å². The van der Waals surface area contributed by atoms with Gasteiger partial charge in [-0.25, -0.2) is 9.78 Å². The molecular formula is C20H24N4O3. The van der Waals surface area contributed by atoms with Gasteiger partial charge in [-0.3, -0.25) is 0 Å². The second-order valence-corrected chi connectivity index (χ2v) is 7.99. The molecule has 3 aliphatic rings. The zero-order valence-corrected chi connectivity index (χ0v) is 15.2. The lowest BCUT2D eigenvalue weighted by Gasteiger charge is -2.17. The fraction of sp³-hybridized carbons (Fsp3) is 0.550. The van der Waals surface area contributed by atoms with Crippen LogP contribution < -0.4 is 10.5 Å².